The average Bonchev–Trinajstić information content (AvgIpc) is 2.36. The zero-order chi connectivity index (χ0) is 13.5. The number of hydrogen-bond acceptors (Lipinski definition) is 2. The van der Waals surface area contributed by atoms with Gasteiger partial charge in [0.15, 0.2) is 0 Å². The van der Waals surface area contributed by atoms with Gasteiger partial charge < -0.3 is 11.1 Å². The smallest absolute Gasteiger partial charge is 0.00386 e. The Balaban J connectivity index is 2.98. The van der Waals surface area contributed by atoms with E-state index < -0.39 is 0 Å². The second-order valence-corrected chi connectivity index (χ2v) is 5.61. The van der Waals surface area contributed by atoms with Gasteiger partial charge in [0.1, 0.15) is 0 Å². The highest BCUT2D eigenvalue weighted by molar-refractivity contribution is 4.59. The third-order valence-electron chi connectivity index (χ3n) is 3.60. The highest BCUT2D eigenvalue weighted by Crippen LogP contribution is 2.09. The Labute approximate surface area is 115 Å². The van der Waals surface area contributed by atoms with Crippen molar-refractivity contribution in [3.05, 3.63) is 0 Å². The van der Waals surface area contributed by atoms with Gasteiger partial charge in [0, 0.05) is 6.04 Å². The predicted molar refractivity (Wildman–Crippen MR) is 83.0 cm³/mol. The van der Waals surface area contributed by atoms with Crippen LogP contribution in [0.1, 0.15) is 84.5 Å². The quantitative estimate of drug-likeness (QED) is 0.456. The molecular weight excluding hydrogens is 220 g/mol. The number of hydrogen-bond donors (Lipinski definition) is 2. The van der Waals surface area contributed by atoms with Crippen molar-refractivity contribution < 1.29 is 0 Å². The van der Waals surface area contributed by atoms with Gasteiger partial charge in [-0.25, -0.2) is 0 Å². The molecule has 0 aliphatic rings. The molecule has 1 unspecified atom stereocenters. The van der Waals surface area contributed by atoms with E-state index in [1.165, 1.54) is 77.2 Å². The first-order valence-corrected chi connectivity index (χ1v) is 8.24. The maximum Gasteiger partial charge on any atom is 0.00386 e. The van der Waals surface area contributed by atoms with Crippen molar-refractivity contribution in [3.63, 3.8) is 0 Å². The molecule has 0 saturated heterocycles. The topological polar surface area (TPSA) is 38.0 Å². The fraction of sp³-hybridized carbons (Fsp3) is 1.00. The van der Waals surface area contributed by atoms with Crippen molar-refractivity contribution >= 4 is 0 Å². The molecule has 0 saturated carbocycles. The molecular formula is C16H36N2. The summed E-state index contributed by atoms with van der Waals surface area (Å²) >= 11 is 0. The van der Waals surface area contributed by atoms with Gasteiger partial charge in [0.05, 0.1) is 0 Å². The van der Waals surface area contributed by atoms with Gasteiger partial charge in [-0.1, -0.05) is 58.3 Å². The molecule has 0 aliphatic heterocycles. The minimum absolute atomic E-state index is 0.706. The molecule has 0 aromatic rings. The minimum atomic E-state index is 0.706. The van der Waals surface area contributed by atoms with Crippen molar-refractivity contribution in [1.82, 2.24) is 5.32 Å². The summed E-state index contributed by atoms with van der Waals surface area (Å²) in [6, 6.07) is 0.706. The van der Waals surface area contributed by atoms with Gasteiger partial charge in [-0.05, 0) is 39.3 Å². The molecule has 0 rings (SSSR count). The highest BCUT2D eigenvalue weighted by atomic mass is 14.9. The highest BCUT2D eigenvalue weighted by Gasteiger charge is 1.98. The van der Waals surface area contributed by atoms with E-state index in [0.717, 1.165) is 6.54 Å². The van der Waals surface area contributed by atoms with E-state index in [2.05, 4.69) is 19.2 Å². The lowest BCUT2D eigenvalue weighted by atomic mass is 10.1. The molecule has 0 spiro atoms. The standard InChI is InChI=1S/C16H36N2/c1-3-13-16(2)18-15-12-10-8-6-4-5-7-9-11-14-17/h16,18H,3-15,17H2,1-2H3. The fourth-order valence-corrected chi connectivity index (χ4v) is 2.39. The van der Waals surface area contributed by atoms with E-state index in [4.69, 9.17) is 5.73 Å². The molecule has 1 atom stereocenters. The summed E-state index contributed by atoms with van der Waals surface area (Å²) in [5.74, 6) is 0. The van der Waals surface area contributed by atoms with Crippen molar-refractivity contribution in [2.24, 2.45) is 5.73 Å². The third-order valence-corrected chi connectivity index (χ3v) is 3.60. The minimum Gasteiger partial charge on any atom is -0.330 e. The second-order valence-electron chi connectivity index (χ2n) is 5.61. The van der Waals surface area contributed by atoms with Crippen LogP contribution >= 0.6 is 0 Å². The van der Waals surface area contributed by atoms with Crippen LogP contribution in [0.2, 0.25) is 0 Å². The molecule has 18 heavy (non-hydrogen) atoms. The molecule has 2 nitrogen and oxygen atoms in total. The predicted octanol–water partition coefficient (Wildman–Crippen LogP) is 4.23. The van der Waals surface area contributed by atoms with Crippen LogP contribution in [0, 0.1) is 0 Å². The van der Waals surface area contributed by atoms with Gasteiger partial charge in [-0.2, -0.15) is 0 Å². The Morgan fingerprint density at radius 3 is 1.83 bits per heavy atom. The number of unbranched alkanes of at least 4 members (excludes halogenated alkanes) is 8. The molecule has 2 heteroatoms. The van der Waals surface area contributed by atoms with Gasteiger partial charge >= 0.3 is 0 Å². The summed E-state index contributed by atoms with van der Waals surface area (Å²) in [5.41, 5.74) is 5.47. The first-order chi connectivity index (χ1) is 8.81. The second kappa shape index (κ2) is 15.0. The number of nitrogens with two attached hydrogens (primary N) is 1. The number of rotatable bonds is 14. The van der Waals surface area contributed by atoms with Crippen LogP contribution in [0.25, 0.3) is 0 Å². The number of nitrogens with one attached hydrogen (secondary N) is 1. The maximum absolute atomic E-state index is 5.47. The average molecular weight is 256 g/mol. The Kier molecular flexibility index (Phi) is 14.9. The van der Waals surface area contributed by atoms with Crippen LogP contribution in [0.5, 0.6) is 0 Å². The van der Waals surface area contributed by atoms with Gasteiger partial charge in [0.2, 0.25) is 0 Å². The van der Waals surface area contributed by atoms with E-state index in [-0.39, 0.29) is 0 Å². The van der Waals surface area contributed by atoms with E-state index >= 15 is 0 Å². The first kappa shape index (κ1) is 17.9. The Morgan fingerprint density at radius 2 is 1.33 bits per heavy atom. The van der Waals surface area contributed by atoms with Crippen LogP contribution in [-0.4, -0.2) is 19.1 Å². The summed E-state index contributed by atoms with van der Waals surface area (Å²) in [4.78, 5) is 0. The van der Waals surface area contributed by atoms with E-state index in [1.54, 1.807) is 0 Å². The van der Waals surface area contributed by atoms with Crippen molar-refractivity contribution in [2.45, 2.75) is 90.5 Å². The molecule has 110 valence electrons. The van der Waals surface area contributed by atoms with E-state index in [0.29, 0.717) is 6.04 Å². The molecule has 0 aromatic carbocycles. The molecule has 3 N–H and O–H groups in total. The molecule has 0 heterocycles. The van der Waals surface area contributed by atoms with Crippen LogP contribution in [0.15, 0.2) is 0 Å². The molecule has 0 radical (unpaired) electrons. The Morgan fingerprint density at radius 1 is 0.833 bits per heavy atom. The van der Waals surface area contributed by atoms with Crippen LogP contribution in [0.3, 0.4) is 0 Å². The van der Waals surface area contributed by atoms with Gasteiger partial charge in [-0.15, -0.1) is 0 Å². The normalized spacial score (nSPS) is 12.8. The molecule has 0 fully saturated rings. The molecule has 0 bridgehead atoms. The summed E-state index contributed by atoms with van der Waals surface area (Å²) in [5, 5.41) is 3.60. The molecule has 0 aromatic heterocycles. The maximum atomic E-state index is 5.47. The van der Waals surface area contributed by atoms with Crippen LogP contribution in [-0.2, 0) is 0 Å². The third kappa shape index (κ3) is 14.0. The SMILES string of the molecule is CCCC(C)NCCCCCCCCCCCN. The lowest BCUT2D eigenvalue weighted by molar-refractivity contribution is 0.485. The summed E-state index contributed by atoms with van der Waals surface area (Å²) in [6.45, 7) is 6.62. The zero-order valence-electron chi connectivity index (χ0n) is 12.8. The Hall–Kier alpha value is -0.0800. The van der Waals surface area contributed by atoms with Crippen molar-refractivity contribution in [1.29, 1.82) is 0 Å². The van der Waals surface area contributed by atoms with Crippen LogP contribution < -0.4 is 11.1 Å². The lowest BCUT2D eigenvalue weighted by Crippen LogP contribution is -2.26. The summed E-state index contributed by atoms with van der Waals surface area (Å²) in [7, 11) is 0. The van der Waals surface area contributed by atoms with Crippen molar-refractivity contribution in [3.8, 4) is 0 Å². The fourth-order valence-electron chi connectivity index (χ4n) is 2.39. The van der Waals surface area contributed by atoms with E-state index in [9.17, 15) is 0 Å². The van der Waals surface area contributed by atoms with Gasteiger partial charge in [-0.3, -0.25) is 0 Å². The van der Waals surface area contributed by atoms with Crippen molar-refractivity contribution in [2.75, 3.05) is 13.1 Å². The Bertz CT molecular complexity index is 148. The molecule has 0 aliphatic carbocycles. The van der Waals surface area contributed by atoms with Crippen LogP contribution in [0.4, 0.5) is 0 Å². The zero-order valence-corrected chi connectivity index (χ0v) is 12.8. The van der Waals surface area contributed by atoms with E-state index in [1.807, 2.05) is 0 Å². The first-order valence-electron chi connectivity index (χ1n) is 8.24. The largest absolute Gasteiger partial charge is 0.330 e. The lowest BCUT2D eigenvalue weighted by Gasteiger charge is -2.12. The molecule has 0 amide bonds. The van der Waals surface area contributed by atoms with Gasteiger partial charge in [0.25, 0.3) is 0 Å². The summed E-state index contributed by atoms with van der Waals surface area (Å²) < 4.78 is 0. The summed E-state index contributed by atoms with van der Waals surface area (Å²) in [6.07, 6.45) is 14.9. The monoisotopic (exact) mass is 256 g/mol.